The number of carboxylic acids is 1. The molecule has 0 aliphatic heterocycles. The molecule has 8 heteroatoms. The summed E-state index contributed by atoms with van der Waals surface area (Å²) in [5.41, 5.74) is 5.13. The van der Waals surface area contributed by atoms with Gasteiger partial charge < -0.3 is 16.2 Å². The Morgan fingerprint density at radius 1 is 1.50 bits per heavy atom. The highest BCUT2D eigenvalue weighted by atomic mass is 32.2. The van der Waals surface area contributed by atoms with Crippen LogP contribution in [0.5, 0.6) is 0 Å². The van der Waals surface area contributed by atoms with E-state index in [0.29, 0.717) is 6.42 Å². The predicted molar refractivity (Wildman–Crippen MR) is 73.8 cm³/mol. The Labute approximate surface area is 118 Å². The van der Waals surface area contributed by atoms with Crippen LogP contribution >= 0.6 is 0 Å². The monoisotopic (exact) mass is 306 g/mol. The van der Waals surface area contributed by atoms with Gasteiger partial charge in [0.25, 0.3) is 0 Å². The number of rotatable bonds is 6. The van der Waals surface area contributed by atoms with Crippen LogP contribution in [0.25, 0.3) is 0 Å². The average Bonchev–Trinajstić information content (AvgIpc) is 2.64. The molecular weight excluding hydrogens is 284 g/mol. The van der Waals surface area contributed by atoms with Crippen LogP contribution in [-0.4, -0.2) is 49.5 Å². The van der Waals surface area contributed by atoms with Crippen molar-refractivity contribution < 1.29 is 23.1 Å². The number of hydrogen-bond donors (Lipinski definition) is 3. The summed E-state index contributed by atoms with van der Waals surface area (Å²) in [5.74, 6) is -1.94. The van der Waals surface area contributed by atoms with Gasteiger partial charge in [-0.3, -0.25) is 4.79 Å². The summed E-state index contributed by atoms with van der Waals surface area (Å²) in [4.78, 5) is 23.3. The lowest BCUT2D eigenvalue weighted by molar-refractivity contribution is -0.143. The van der Waals surface area contributed by atoms with Gasteiger partial charge in [0.2, 0.25) is 5.91 Å². The van der Waals surface area contributed by atoms with E-state index in [0.717, 1.165) is 19.1 Å². The second-order valence-corrected chi connectivity index (χ2v) is 7.96. The lowest BCUT2D eigenvalue weighted by Crippen LogP contribution is -2.52. The molecule has 1 aliphatic rings. The highest BCUT2D eigenvalue weighted by Gasteiger charge is 2.44. The van der Waals surface area contributed by atoms with E-state index >= 15 is 0 Å². The van der Waals surface area contributed by atoms with Crippen LogP contribution in [-0.2, 0) is 19.4 Å². The van der Waals surface area contributed by atoms with Gasteiger partial charge in [0.15, 0.2) is 0 Å². The number of carbonyl (C=O) groups is 2. The summed E-state index contributed by atoms with van der Waals surface area (Å²) in [6.45, 7) is 1.72. The molecule has 3 unspecified atom stereocenters. The number of amides is 1. The smallest absolute Gasteiger partial charge is 0.326 e. The third-order valence-electron chi connectivity index (χ3n) is 3.93. The molecule has 0 spiro atoms. The van der Waals surface area contributed by atoms with Crippen molar-refractivity contribution in [2.75, 3.05) is 12.0 Å². The zero-order valence-corrected chi connectivity index (χ0v) is 12.6. The maximum absolute atomic E-state index is 12.2. The highest BCUT2D eigenvalue weighted by molar-refractivity contribution is 7.90. The second kappa shape index (κ2) is 6.09. The van der Waals surface area contributed by atoms with Crippen molar-refractivity contribution in [1.82, 2.24) is 5.32 Å². The number of carbonyl (C=O) groups excluding carboxylic acids is 1. The average molecular weight is 306 g/mol. The Hall–Kier alpha value is -1.15. The summed E-state index contributed by atoms with van der Waals surface area (Å²) < 4.78 is 22.2. The van der Waals surface area contributed by atoms with E-state index in [1.54, 1.807) is 6.92 Å². The minimum atomic E-state index is -3.27. The fraction of sp³-hybridized carbons (Fsp3) is 0.833. The third-order valence-corrected chi connectivity index (χ3v) is 4.91. The standard InChI is InChI=1S/C12H22N2O5S/c1-12(6-3-4-9(12)13)11(17)14-8(10(15)16)5-7-20(2,18)19/h8-9H,3-7,13H2,1-2H3,(H,14,17)(H,15,16). The molecule has 4 N–H and O–H groups in total. The summed E-state index contributed by atoms with van der Waals surface area (Å²) >= 11 is 0. The number of hydrogen-bond acceptors (Lipinski definition) is 5. The van der Waals surface area contributed by atoms with Crippen molar-refractivity contribution in [3.05, 3.63) is 0 Å². The number of nitrogens with two attached hydrogens (primary N) is 1. The Kier molecular flexibility index (Phi) is 5.15. The normalized spacial score (nSPS) is 28.1. The van der Waals surface area contributed by atoms with Gasteiger partial charge in [0, 0.05) is 12.3 Å². The molecule has 1 aliphatic carbocycles. The van der Waals surface area contributed by atoms with Crippen molar-refractivity contribution in [1.29, 1.82) is 0 Å². The maximum atomic E-state index is 12.2. The van der Waals surface area contributed by atoms with Gasteiger partial charge in [-0.1, -0.05) is 6.42 Å². The first-order valence-electron chi connectivity index (χ1n) is 6.53. The maximum Gasteiger partial charge on any atom is 0.326 e. The first kappa shape index (κ1) is 16.9. The summed E-state index contributed by atoms with van der Waals surface area (Å²) in [6.07, 6.45) is 3.04. The predicted octanol–water partition coefficient (Wildman–Crippen LogP) is -0.492. The lowest BCUT2D eigenvalue weighted by atomic mass is 9.84. The molecule has 20 heavy (non-hydrogen) atoms. The zero-order valence-electron chi connectivity index (χ0n) is 11.8. The van der Waals surface area contributed by atoms with Crippen molar-refractivity contribution in [3.8, 4) is 0 Å². The molecule has 7 nitrogen and oxygen atoms in total. The molecule has 1 rings (SSSR count). The summed E-state index contributed by atoms with van der Waals surface area (Å²) in [7, 11) is -3.27. The van der Waals surface area contributed by atoms with Crippen LogP contribution in [0.2, 0.25) is 0 Å². The molecule has 1 fully saturated rings. The molecule has 0 bridgehead atoms. The van der Waals surface area contributed by atoms with E-state index < -0.39 is 33.2 Å². The molecule has 0 aromatic rings. The van der Waals surface area contributed by atoms with E-state index in [1.165, 1.54) is 0 Å². The Bertz CT molecular complexity index is 490. The molecule has 116 valence electrons. The van der Waals surface area contributed by atoms with Crippen LogP contribution in [0.1, 0.15) is 32.6 Å². The second-order valence-electron chi connectivity index (χ2n) is 5.70. The molecule has 1 saturated carbocycles. The van der Waals surface area contributed by atoms with Gasteiger partial charge in [0.1, 0.15) is 15.9 Å². The lowest BCUT2D eigenvalue weighted by Gasteiger charge is -2.29. The fourth-order valence-corrected chi connectivity index (χ4v) is 3.05. The van der Waals surface area contributed by atoms with E-state index in [9.17, 15) is 18.0 Å². The number of sulfone groups is 1. The molecular formula is C12H22N2O5S. The van der Waals surface area contributed by atoms with E-state index in [-0.39, 0.29) is 18.2 Å². The van der Waals surface area contributed by atoms with Crippen molar-refractivity contribution in [3.63, 3.8) is 0 Å². The van der Waals surface area contributed by atoms with Crippen molar-refractivity contribution >= 4 is 21.7 Å². The van der Waals surface area contributed by atoms with Gasteiger partial charge in [-0.05, 0) is 26.2 Å². The minimum absolute atomic E-state index is 0.148. The van der Waals surface area contributed by atoms with Crippen LogP contribution in [0, 0.1) is 5.41 Å². The van der Waals surface area contributed by atoms with Gasteiger partial charge in [-0.2, -0.15) is 0 Å². The molecule has 1 amide bonds. The highest BCUT2D eigenvalue weighted by Crippen LogP contribution is 2.36. The molecule has 3 atom stereocenters. The summed E-state index contributed by atoms with van der Waals surface area (Å²) in [5, 5.41) is 11.5. The van der Waals surface area contributed by atoms with Gasteiger partial charge in [-0.25, -0.2) is 13.2 Å². The Morgan fingerprint density at radius 2 is 2.10 bits per heavy atom. The molecule has 0 radical (unpaired) electrons. The van der Waals surface area contributed by atoms with Crippen molar-refractivity contribution in [2.45, 2.75) is 44.7 Å². The fourth-order valence-electron chi connectivity index (χ4n) is 2.39. The Morgan fingerprint density at radius 3 is 2.50 bits per heavy atom. The number of nitrogens with one attached hydrogen (secondary N) is 1. The minimum Gasteiger partial charge on any atom is -0.480 e. The third kappa shape index (κ3) is 4.17. The first-order valence-corrected chi connectivity index (χ1v) is 8.59. The SMILES string of the molecule is CC1(C(=O)NC(CCS(C)(=O)=O)C(=O)O)CCCC1N. The van der Waals surface area contributed by atoms with Gasteiger partial charge in [0.05, 0.1) is 11.2 Å². The van der Waals surface area contributed by atoms with E-state index in [4.69, 9.17) is 10.8 Å². The Balaban J connectivity index is 2.71. The molecule has 0 aromatic heterocycles. The van der Waals surface area contributed by atoms with Gasteiger partial charge in [-0.15, -0.1) is 0 Å². The van der Waals surface area contributed by atoms with Crippen LogP contribution < -0.4 is 11.1 Å². The van der Waals surface area contributed by atoms with Crippen LogP contribution in [0.15, 0.2) is 0 Å². The summed E-state index contributed by atoms with van der Waals surface area (Å²) in [6, 6.07) is -1.51. The quantitative estimate of drug-likeness (QED) is 0.607. The van der Waals surface area contributed by atoms with Crippen molar-refractivity contribution in [2.24, 2.45) is 11.1 Å². The van der Waals surface area contributed by atoms with Gasteiger partial charge >= 0.3 is 5.97 Å². The van der Waals surface area contributed by atoms with E-state index in [1.807, 2.05) is 0 Å². The molecule has 0 aromatic carbocycles. The number of carboxylic acid groups (broad SMARTS) is 1. The largest absolute Gasteiger partial charge is 0.480 e. The molecule has 0 saturated heterocycles. The van der Waals surface area contributed by atoms with E-state index in [2.05, 4.69) is 5.32 Å². The number of aliphatic carboxylic acids is 1. The first-order chi connectivity index (χ1) is 9.06. The van der Waals surface area contributed by atoms with Crippen LogP contribution in [0.3, 0.4) is 0 Å². The zero-order chi connectivity index (χ0) is 15.6. The molecule has 0 heterocycles. The topological polar surface area (TPSA) is 127 Å². The van der Waals surface area contributed by atoms with Crippen LogP contribution in [0.4, 0.5) is 0 Å².